The second kappa shape index (κ2) is 7.85. The first-order valence-electron chi connectivity index (χ1n) is 7.62. The van der Waals surface area contributed by atoms with E-state index < -0.39 is 11.2 Å². The summed E-state index contributed by atoms with van der Waals surface area (Å²) < 4.78 is 0. The molecule has 0 fully saturated rings. The van der Waals surface area contributed by atoms with Crippen LogP contribution < -0.4 is 5.32 Å². The quantitative estimate of drug-likeness (QED) is 0.729. The van der Waals surface area contributed by atoms with Crippen LogP contribution in [-0.2, 0) is 10.2 Å². The highest BCUT2D eigenvalue weighted by Crippen LogP contribution is 2.28. The molecule has 1 aromatic carbocycles. The smallest absolute Gasteiger partial charge is 0.316 e. The van der Waals surface area contributed by atoms with Gasteiger partial charge in [0.25, 0.3) is 5.91 Å². The van der Waals surface area contributed by atoms with Gasteiger partial charge in [-0.1, -0.05) is 32.0 Å². The predicted molar refractivity (Wildman–Crippen MR) is 99.1 cm³/mol. The summed E-state index contributed by atoms with van der Waals surface area (Å²) in [7, 11) is 0. The number of hydrogen-bond donors (Lipinski definition) is 2. The number of aliphatic carboxylic acids is 1. The summed E-state index contributed by atoms with van der Waals surface area (Å²) in [6.07, 6.45) is 0. The standard InChI is InChI=1S/C18H21NO3S2/c1-12(17(21)22)24-14-8-5-4-7-13(14)16(20)19-11-18(2,3)15-9-6-10-23-15/h4-10,12H,11H2,1-3H3,(H,19,20)(H,21,22). The summed E-state index contributed by atoms with van der Waals surface area (Å²) >= 11 is 2.85. The zero-order chi connectivity index (χ0) is 17.7. The van der Waals surface area contributed by atoms with Crippen LogP contribution in [0.15, 0.2) is 46.7 Å². The number of carboxylic acids is 1. The van der Waals surface area contributed by atoms with Crippen molar-refractivity contribution in [2.24, 2.45) is 0 Å². The Balaban J connectivity index is 2.09. The summed E-state index contributed by atoms with van der Waals surface area (Å²) in [4.78, 5) is 25.5. The average Bonchev–Trinajstić information content (AvgIpc) is 3.08. The lowest BCUT2D eigenvalue weighted by atomic mass is 9.91. The molecule has 0 spiro atoms. The first kappa shape index (κ1) is 18.5. The van der Waals surface area contributed by atoms with Gasteiger partial charge < -0.3 is 10.4 Å². The maximum Gasteiger partial charge on any atom is 0.316 e. The van der Waals surface area contributed by atoms with Gasteiger partial charge in [-0.05, 0) is 30.5 Å². The molecule has 0 saturated carbocycles. The Bertz CT molecular complexity index is 711. The fraction of sp³-hybridized carbons (Fsp3) is 0.333. The average molecular weight is 364 g/mol. The normalized spacial score (nSPS) is 12.6. The Morgan fingerprint density at radius 2 is 1.96 bits per heavy atom. The largest absolute Gasteiger partial charge is 0.480 e. The summed E-state index contributed by atoms with van der Waals surface area (Å²) in [6.45, 7) is 6.31. The second-order valence-electron chi connectivity index (χ2n) is 6.14. The monoisotopic (exact) mass is 363 g/mol. The van der Waals surface area contributed by atoms with Crippen LogP contribution in [-0.4, -0.2) is 28.8 Å². The van der Waals surface area contributed by atoms with Crippen molar-refractivity contribution in [3.63, 3.8) is 0 Å². The van der Waals surface area contributed by atoms with Crippen molar-refractivity contribution in [1.29, 1.82) is 0 Å². The van der Waals surface area contributed by atoms with Crippen molar-refractivity contribution in [2.45, 2.75) is 36.3 Å². The molecular weight excluding hydrogens is 342 g/mol. The molecule has 0 bridgehead atoms. The predicted octanol–water partition coefficient (Wildman–Crippen LogP) is 4.02. The van der Waals surface area contributed by atoms with Crippen molar-refractivity contribution >= 4 is 35.0 Å². The molecular formula is C18H21NO3S2. The van der Waals surface area contributed by atoms with Crippen molar-refractivity contribution < 1.29 is 14.7 Å². The Hall–Kier alpha value is -1.79. The lowest BCUT2D eigenvalue weighted by molar-refractivity contribution is -0.136. The van der Waals surface area contributed by atoms with Gasteiger partial charge in [0.2, 0.25) is 0 Å². The van der Waals surface area contributed by atoms with Crippen LogP contribution in [0.1, 0.15) is 36.0 Å². The maximum atomic E-state index is 12.6. The molecule has 2 aromatic rings. The SMILES string of the molecule is CC(Sc1ccccc1C(=O)NCC(C)(C)c1cccs1)C(=O)O. The Morgan fingerprint density at radius 3 is 2.58 bits per heavy atom. The van der Waals surface area contributed by atoms with Crippen LogP contribution in [0, 0.1) is 0 Å². The number of carboxylic acid groups (broad SMARTS) is 1. The van der Waals surface area contributed by atoms with Crippen molar-refractivity contribution in [3.8, 4) is 0 Å². The van der Waals surface area contributed by atoms with Gasteiger partial charge in [-0.15, -0.1) is 23.1 Å². The minimum atomic E-state index is -0.894. The Labute approximate surface area is 150 Å². The molecule has 0 aliphatic heterocycles. The highest BCUT2D eigenvalue weighted by molar-refractivity contribution is 8.00. The molecule has 1 unspecified atom stereocenters. The number of carbonyl (C=O) groups excluding carboxylic acids is 1. The zero-order valence-corrected chi connectivity index (χ0v) is 15.5. The van der Waals surface area contributed by atoms with Crippen LogP contribution in [0.3, 0.4) is 0 Å². The molecule has 1 amide bonds. The number of hydrogen-bond acceptors (Lipinski definition) is 4. The number of carbonyl (C=O) groups is 2. The summed E-state index contributed by atoms with van der Waals surface area (Å²) in [5.41, 5.74) is 0.359. The van der Waals surface area contributed by atoms with E-state index in [1.165, 1.54) is 16.6 Å². The van der Waals surface area contributed by atoms with Gasteiger partial charge >= 0.3 is 5.97 Å². The fourth-order valence-corrected chi connectivity index (χ4v) is 3.92. The minimum absolute atomic E-state index is 0.153. The number of amides is 1. The van der Waals surface area contributed by atoms with Gasteiger partial charge in [0, 0.05) is 21.7 Å². The molecule has 24 heavy (non-hydrogen) atoms. The van der Waals surface area contributed by atoms with E-state index in [0.717, 1.165) is 0 Å². The Morgan fingerprint density at radius 1 is 1.25 bits per heavy atom. The lowest BCUT2D eigenvalue weighted by Crippen LogP contribution is -2.36. The Kier molecular flexibility index (Phi) is 6.07. The number of nitrogens with one attached hydrogen (secondary N) is 1. The van der Waals surface area contributed by atoms with Gasteiger partial charge in [-0.2, -0.15) is 0 Å². The van der Waals surface area contributed by atoms with Gasteiger partial charge in [0.1, 0.15) is 5.25 Å². The van der Waals surface area contributed by atoms with Crippen LogP contribution in [0.5, 0.6) is 0 Å². The van der Waals surface area contributed by atoms with Crippen molar-refractivity contribution in [1.82, 2.24) is 5.32 Å². The highest BCUT2D eigenvalue weighted by Gasteiger charge is 2.24. The second-order valence-corrected chi connectivity index (χ2v) is 8.47. The van der Waals surface area contributed by atoms with Crippen LogP contribution in [0.25, 0.3) is 0 Å². The van der Waals surface area contributed by atoms with Gasteiger partial charge in [-0.3, -0.25) is 9.59 Å². The molecule has 1 heterocycles. The third kappa shape index (κ3) is 4.61. The van der Waals surface area contributed by atoms with E-state index in [9.17, 15) is 9.59 Å². The number of benzene rings is 1. The third-order valence-corrected chi connectivity index (χ3v) is 6.06. The van der Waals surface area contributed by atoms with Crippen LogP contribution in [0.2, 0.25) is 0 Å². The van der Waals surface area contributed by atoms with E-state index in [4.69, 9.17) is 5.11 Å². The molecule has 0 aliphatic rings. The van der Waals surface area contributed by atoms with Gasteiger partial charge in [0.05, 0.1) is 5.56 Å². The van der Waals surface area contributed by atoms with E-state index in [2.05, 4.69) is 25.2 Å². The number of thioether (sulfide) groups is 1. The molecule has 2 rings (SSSR count). The summed E-state index contributed by atoms with van der Waals surface area (Å²) in [6, 6.07) is 11.2. The molecule has 0 radical (unpaired) electrons. The molecule has 0 aliphatic carbocycles. The van der Waals surface area contributed by atoms with E-state index in [1.807, 2.05) is 17.5 Å². The fourth-order valence-electron chi connectivity index (χ4n) is 2.15. The zero-order valence-electron chi connectivity index (χ0n) is 13.9. The summed E-state index contributed by atoms with van der Waals surface area (Å²) in [5, 5.41) is 13.5. The molecule has 1 atom stereocenters. The van der Waals surface area contributed by atoms with Gasteiger partial charge in [-0.25, -0.2) is 0 Å². The van der Waals surface area contributed by atoms with E-state index >= 15 is 0 Å². The van der Waals surface area contributed by atoms with Crippen molar-refractivity contribution in [3.05, 3.63) is 52.2 Å². The first-order valence-corrected chi connectivity index (χ1v) is 9.38. The van der Waals surface area contributed by atoms with E-state index in [-0.39, 0.29) is 11.3 Å². The van der Waals surface area contributed by atoms with E-state index in [0.29, 0.717) is 17.0 Å². The van der Waals surface area contributed by atoms with Gasteiger partial charge in [0.15, 0.2) is 0 Å². The highest BCUT2D eigenvalue weighted by atomic mass is 32.2. The van der Waals surface area contributed by atoms with Crippen molar-refractivity contribution in [2.75, 3.05) is 6.54 Å². The molecule has 4 nitrogen and oxygen atoms in total. The third-order valence-electron chi connectivity index (χ3n) is 3.66. The van der Waals surface area contributed by atoms with Crippen LogP contribution in [0.4, 0.5) is 0 Å². The summed E-state index contributed by atoms with van der Waals surface area (Å²) in [5.74, 6) is -1.07. The minimum Gasteiger partial charge on any atom is -0.480 e. The van der Waals surface area contributed by atoms with Crippen LogP contribution >= 0.6 is 23.1 Å². The number of thiophene rings is 1. The molecule has 1 aromatic heterocycles. The molecule has 6 heteroatoms. The first-order chi connectivity index (χ1) is 11.3. The number of rotatable bonds is 7. The topological polar surface area (TPSA) is 66.4 Å². The van der Waals surface area contributed by atoms with E-state index in [1.54, 1.807) is 36.5 Å². The molecule has 0 saturated heterocycles. The molecule has 128 valence electrons. The molecule has 2 N–H and O–H groups in total. The lowest BCUT2D eigenvalue weighted by Gasteiger charge is -2.24. The maximum absolute atomic E-state index is 12.6.